The molecule has 1 unspecified atom stereocenters. The van der Waals surface area contributed by atoms with Crippen molar-refractivity contribution in [2.24, 2.45) is 0 Å². The molecule has 0 bridgehead atoms. The molecule has 2 rings (SSSR count). The molecule has 96 valence electrons. The van der Waals surface area contributed by atoms with Gasteiger partial charge < -0.3 is 4.90 Å². The molecule has 18 heavy (non-hydrogen) atoms. The lowest BCUT2D eigenvalue weighted by atomic mass is 10.1. The van der Waals surface area contributed by atoms with E-state index >= 15 is 0 Å². The first-order chi connectivity index (χ1) is 8.78. The summed E-state index contributed by atoms with van der Waals surface area (Å²) in [7, 11) is 0. The van der Waals surface area contributed by atoms with Gasteiger partial charge in [-0.1, -0.05) is 28.9 Å². The summed E-state index contributed by atoms with van der Waals surface area (Å²) < 4.78 is 0. The molecule has 4 heteroatoms. The van der Waals surface area contributed by atoms with E-state index in [4.69, 9.17) is 0 Å². The van der Waals surface area contributed by atoms with Crippen molar-refractivity contribution in [3.05, 3.63) is 29.3 Å². The molecule has 1 aliphatic rings. The number of nitrogens with zero attached hydrogens (tertiary/aromatic N) is 2. The fourth-order valence-corrected chi connectivity index (χ4v) is 3.75. The van der Waals surface area contributed by atoms with Crippen molar-refractivity contribution < 1.29 is 0 Å². The quantitative estimate of drug-likeness (QED) is 0.791. The van der Waals surface area contributed by atoms with Crippen LogP contribution in [0, 0.1) is 11.3 Å². The molecule has 1 fully saturated rings. The maximum atomic E-state index is 9.29. The Balaban J connectivity index is 2.24. The summed E-state index contributed by atoms with van der Waals surface area (Å²) in [6, 6.07) is 8.52. The lowest BCUT2D eigenvalue weighted by Gasteiger charge is -2.34. The van der Waals surface area contributed by atoms with E-state index < -0.39 is 0 Å². The van der Waals surface area contributed by atoms with Crippen molar-refractivity contribution in [3.8, 4) is 6.07 Å². The fourth-order valence-electron chi connectivity index (χ4n) is 2.22. The number of anilines is 1. The molecule has 0 aromatic heterocycles. The van der Waals surface area contributed by atoms with Crippen LogP contribution in [0.4, 0.5) is 5.69 Å². The predicted octanol–water partition coefficient (Wildman–Crippen LogP) is 3.78. The van der Waals surface area contributed by atoms with Crippen LogP contribution in [0.5, 0.6) is 0 Å². The molecule has 1 heterocycles. The Morgan fingerprint density at radius 3 is 3.06 bits per heavy atom. The zero-order valence-corrected chi connectivity index (χ0v) is 12.9. The van der Waals surface area contributed by atoms with Gasteiger partial charge in [0.05, 0.1) is 11.3 Å². The van der Waals surface area contributed by atoms with Gasteiger partial charge in [-0.2, -0.15) is 17.0 Å². The lowest BCUT2D eigenvalue weighted by molar-refractivity contribution is 0.727. The second-order valence-electron chi connectivity index (χ2n) is 4.44. The molecule has 0 aliphatic carbocycles. The van der Waals surface area contributed by atoms with Crippen LogP contribution in [-0.2, 0) is 5.33 Å². The van der Waals surface area contributed by atoms with Crippen molar-refractivity contribution >= 4 is 33.4 Å². The second kappa shape index (κ2) is 6.49. The summed E-state index contributed by atoms with van der Waals surface area (Å²) in [4.78, 5) is 2.36. The smallest absolute Gasteiger partial charge is 0.101 e. The Morgan fingerprint density at radius 1 is 1.56 bits per heavy atom. The van der Waals surface area contributed by atoms with Gasteiger partial charge in [0.15, 0.2) is 0 Å². The summed E-state index contributed by atoms with van der Waals surface area (Å²) >= 11 is 5.49. The molecular weight excluding hydrogens is 308 g/mol. The van der Waals surface area contributed by atoms with Crippen LogP contribution in [0.15, 0.2) is 18.2 Å². The number of thioether (sulfide) groups is 1. The van der Waals surface area contributed by atoms with Gasteiger partial charge in [0.25, 0.3) is 0 Å². The lowest BCUT2D eigenvalue weighted by Crippen LogP contribution is -2.38. The fraction of sp³-hybridized carbons (Fsp3) is 0.500. The van der Waals surface area contributed by atoms with E-state index in [2.05, 4.69) is 57.7 Å². The van der Waals surface area contributed by atoms with Crippen LogP contribution in [0.2, 0.25) is 0 Å². The van der Waals surface area contributed by atoms with Gasteiger partial charge in [0.1, 0.15) is 6.07 Å². The van der Waals surface area contributed by atoms with E-state index in [9.17, 15) is 5.26 Å². The largest absolute Gasteiger partial charge is 0.369 e. The summed E-state index contributed by atoms with van der Waals surface area (Å²) in [6.07, 6.45) is 1.20. The van der Waals surface area contributed by atoms with Crippen LogP contribution in [0.3, 0.4) is 0 Å². The molecule has 0 radical (unpaired) electrons. The molecule has 1 atom stereocenters. The van der Waals surface area contributed by atoms with Crippen LogP contribution < -0.4 is 4.90 Å². The summed E-state index contributed by atoms with van der Waals surface area (Å²) in [6.45, 7) is 4.34. The van der Waals surface area contributed by atoms with Gasteiger partial charge in [-0.25, -0.2) is 0 Å². The third-order valence-corrected chi connectivity index (χ3v) is 5.29. The van der Waals surface area contributed by atoms with Crippen LogP contribution in [0.25, 0.3) is 0 Å². The highest BCUT2D eigenvalue weighted by Gasteiger charge is 2.21. The average molecular weight is 325 g/mol. The zero-order valence-electron chi connectivity index (χ0n) is 10.5. The normalized spacial score (nSPS) is 19.6. The third kappa shape index (κ3) is 3.02. The van der Waals surface area contributed by atoms with Crippen LogP contribution >= 0.6 is 27.7 Å². The third-order valence-electron chi connectivity index (χ3n) is 3.27. The zero-order chi connectivity index (χ0) is 13.0. The van der Waals surface area contributed by atoms with Gasteiger partial charge >= 0.3 is 0 Å². The van der Waals surface area contributed by atoms with Crippen molar-refractivity contribution in [2.45, 2.75) is 23.9 Å². The summed E-state index contributed by atoms with van der Waals surface area (Å²) in [5.41, 5.74) is 3.06. The van der Waals surface area contributed by atoms with E-state index in [1.807, 2.05) is 6.07 Å². The Labute approximate surface area is 121 Å². The van der Waals surface area contributed by atoms with Gasteiger partial charge in [0, 0.05) is 29.4 Å². The van der Waals surface area contributed by atoms with Crippen molar-refractivity contribution in [2.75, 3.05) is 23.7 Å². The SMILES string of the molecule is CCC1CN(c2ccc(CBr)cc2C#N)CCS1. The van der Waals surface area contributed by atoms with Gasteiger partial charge in [0.2, 0.25) is 0 Å². The van der Waals surface area contributed by atoms with E-state index in [1.165, 1.54) is 6.42 Å². The maximum Gasteiger partial charge on any atom is 0.101 e. The highest BCUT2D eigenvalue weighted by atomic mass is 79.9. The first-order valence-corrected chi connectivity index (χ1v) is 8.41. The molecule has 1 aliphatic heterocycles. The average Bonchev–Trinajstić information content (AvgIpc) is 2.46. The Hall–Kier alpha value is -0.660. The van der Waals surface area contributed by atoms with Crippen LogP contribution in [0.1, 0.15) is 24.5 Å². The minimum Gasteiger partial charge on any atom is -0.369 e. The first-order valence-electron chi connectivity index (χ1n) is 6.24. The highest BCUT2D eigenvalue weighted by molar-refractivity contribution is 9.08. The number of benzene rings is 1. The van der Waals surface area contributed by atoms with Gasteiger partial charge in [-0.05, 0) is 24.1 Å². The molecular formula is C14H17BrN2S. The van der Waals surface area contributed by atoms with Crippen molar-refractivity contribution in [3.63, 3.8) is 0 Å². The number of hydrogen-bond acceptors (Lipinski definition) is 3. The Morgan fingerprint density at radius 2 is 2.39 bits per heavy atom. The highest BCUT2D eigenvalue weighted by Crippen LogP contribution is 2.28. The number of alkyl halides is 1. The summed E-state index contributed by atoms with van der Waals surface area (Å²) in [5.74, 6) is 1.16. The second-order valence-corrected chi connectivity index (χ2v) is 6.41. The first kappa shape index (κ1) is 13.8. The summed E-state index contributed by atoms with van der Waals surface area (Å²) in [5, 5.41) is 10.8. The standard InChI is InChI=1S/C14H17BrN2S/c1-2-13-10-17(5-6-18-13)14-4-3-11(8-15)7-12(14)9-16/h3-4,7,13H,2,5-6,8,10H2,1H3. The molecule has 0 N–H and O–H groups in total. The monoisotopic (exact) mass is 324 g/mol. The molecule has 1 aromatic carbocycles. The van der Waals surface area contributed by atoms with E-state index in [-0.39, 0.29) is 0 Å². The molecule has 0 spiro atoms. The number of nitriles is 1. The molecule has 1 aromatic rings. The number of rotatable bonds is 3. The van der Waals surface area contributed by atoms with Crippen molar-refractivity contribution in [1.29, 1.82) is 5.26 Å². The van der Waals surface area contributed by atoms with E-state index in [0.29, 0.717) is 5.25 Å². The number of halogens is 1. The van der Waals surface area contributed by atoms with E-state index in [1.54, 1.807) is 0 Å². The van der Waals surface area contributed by atoms with Crippen LogP contribution in [-0.4, -0.2) is 24.1 Å². The van der Waals surface area contributed by atoms with Gasteiger partial charge in [-0.3, -0.25) is 0 Å². The Bertz CT molecular complexity index is 456. The molecule has 2 nitrogen and oxygen atoms in total. The topological polar surface area (TPSA) is 27.0 Å². The van der Waals surface area contributed by atoms with Crippen molar-refractivity contribution in [1.82, 2.24) is 0 Å². The molecule has 0 saturated carbocycles. The molecule has 0 amide bonds. The predicted molar refractivity (Wildman–Crippen MR) is 82.5 cm³/mol. The van der Waals surface area contributed by atoms with E-state index in [0.717, 1.165) is 41.0 Å². The maximum absolute atomic E-state index is 9.29. The Kier molecular flexibility index (Phi) is 4.96. The minimum absolute atomic E-state index is 0.696. The minimum atomic E-state index is 0.696. The molecule has 1 saturated heterocycles. The van der Waals surface area contributed by atoms with Gasteiger partial charge in [-0.15, -0.1) is 0 Å². The number of hydrogen-bond donors (Lipinski definition) is 0.